The molecule has 23 heavy (non-hydrogen) atoms. The number of likely N-dealkylation sites (N-methyl/N-ethyl adjacent to an activating group) is 1. The van der Waals surface area contributed by atoms with Gasteiger partial charge in [-0.2, -0.15) is 0 Å². The zero-order valence-electron chi connectivity index (χ0n) is 14.0. The minimum absolute atomic E-state index is 0.0557. The van der Waals surface area contributed by atoms with Crippen molar-refractivity contribution < 1.29 is 22.7 Å². The molecule has 7 heteroatoms. The third-order valence-corrected chi connectivity index (χ3v) is 6.08. The number of nitrogens with zero attached hydrogens (tertiary/aromatic N) is 1. The number of carbonyl (C=O) groups excluding carboxylic acids is 1. The number of carbonyl (C=O) groups is 1. The lowest BCUT2D eigenvalue weighted by Gasteiger charge is -2.24. The molecule has 1 aromatic rings. The molecule has 1 aliphatic heterocycles. The molecular weight excluding hydrogens is 318 g/mol. The maximum absolute atomic E-state index is 12.5. The fourth-order valence-corrected chi connectivity index (χ4v) is 4.56. The van der Waals surface area contributed by atoms with E-state index in [0.29, 0.717) is 17.9 Å². The topological polar surface area (TPSA) is 72.9 Å². The molecule has 128 valence electrons. The van der Waals surface area contributed by atoms with Crippen LogP contribution in [-0.4, -0.2) is 58.0 Å². The molecule has 0 aliphatic carbocycles. The van der Waals surface area contributed by atoms with Crippen molar-refractivity contribution in [1.82, 2.24) is 4.90 Å². The quantitative estimate of drug-likeness (QED) is 0.805. The average Bonchev–Trinajstić information content (AvgIpc) is 2.87. The SMILES string of the molecule is COc1cc(C)c(CC(=O)N(C)C2CCS(=O)(=O)C2)cc1OC. The Bertz CT molecular complexity index is 699. The van der Waals surface area contributed by atoms with Crippen molar-refractivity contribution in [2.24, 2.45) is 0 Å². The Morgan fingerprint density at radius 1 is 1.26 bits per heavy atom. The highest BCUT2D eigenvalue weighted by molar-refractivity contribution is 7.91. The maximum atomic E-state index is 12.5. The molecule has 1 amide bonds. The van der Waals surface area contributed by atoms with Crippen LogP contribution in [0.15, 0.2) is 12.1 Å². The summed E-state index contributed by atoms with van der Waals surface area (Å²) in [6.07, 6.45) is 0.717. The number of benzene rings is 1. The summed E-state index contributed by atoms with van der Waals surface area (Å²) in [7, 11) is 1.78. The van der Waals surface area contributed by atoms with Gasteiger partial charge in [-0.3, -0.25) is 4.79 Å². The van der Waals surface area contributed by atoms with Gasteiger partial charge in [0.05, 0.1) is 32.1 Å². The van der Waals surface area contributed by atoms with Crippen LogP contribution in [0.4, 0.5) is 0 Å². The molecule has 1 heterocycles. The largest absolute Gasteiger partial charge is 0.493 e. The number of aryl methyl sites for hydroxylation is 1. The predicted octanol–water partition coefficient (Wildman–Crippen LogP) is 1.20. The Labute approximate surface area is 137 Å². The van der Waals surface area contributed by atoms with E-state index in [1.807, 2.05) is 13.0 Å². The summed E-state index contributed by atoms with van der Waals surface area (Å²) in [5.74, 6) is 1.32. The summed E-state index contributed by atoms with van der Waals surface area (Å²) in [5.41, 5.74) is 1.78. The van der Waals surface area contributed by atoms with Crippen LogP contribution < -0.4 is 9.47 Å². The third kappa shape index (κ3) is 3.96. The van der Waals surface area contributed by atoms with Gasteiger partial charge in [0.15, 0.2) is 21.3 Å². The van der Waals surface area contributed by atoms with Crippen molar-refractivity contribution in [1.29, 1.82) is 0 Å². The molecule has 1 aliphatic rings. The van der Waals surface area contributed by atoms with Gasteiger partial charge in [-0.15, -0.1) is 0 Å². The Kier molecular flexibility index (Phi) is 5.19. The van der Waals surface area contributed by atoms with Crippen molar-refractivity contribution in [2.45, 2.75) is 25.8 Å². The maximum Gasteiger partial charge on any atom is 0.227 e. The highest BCUT2D eigenvalue weighted by atomic mass is 32.2. The van der Waals surface area contributed by atoms with E-state index in [1.54, 1.807) is 32.2 Å². The molecule has 0 radical (unpaired) electrons. The molecule has 0 spiro atoms. The first kappa shape index (κ1) is 17.6. The van der Waals surface area contributed by atoms with E-state index >= 15 is 0 Å². The Morgan fingerprint density at radius 3 is 2.39 bits per heavy atom. The number of hydrogen-bond acceptors (Lipinski definition) is 5. The summed E-state index contributed by atoms with van der Waals surface area (Å²) in [5, 5.41) is 0. The van der Waals surface area contributed by atoms with Crippen molar-refractivity contribution in [3.63, 3.8) is 0 Å². The van der Waals surface area contributed by atoms with E-state index in [1.165, 1.54) is 0 Å². The van der Waals surface area contributed by atoms with E-state index in [4.69, 9.17) is 9.47 Å². The van der Waals surface area contributed by atoms with Crippen LogP contribution in [-0.2, 0) is 21.1 Å². The smallest absolute Gasteiger partial charge is 0.227 e. The van der Waals surface area contributed by atoms with E-state index < -0.39 is 9.84 Å². The average molecular weight is 341 g/mol. The zero-order chi connectivity index (χ0) is 17.2. The Balaban J connectivity index is 2.14. The van der Waals surface area contributed by atoms with E-state index in [0.717, 1.165) is 11.1 Å². The van der Waals surface area contributed by atoms with E-state index in [2.05, 4.69) is 0 Å². The predicted molar refractivity (Wildman–Crippen MR) is 87.8 cm³/mol. The molecule has 0 saturated carbocycles. The number of sulfone groups is 1. The van der Waals surface area contributed by atoms with Crippen molar-refractivity contribution in [2.75, 3.05) is 32.8 Å². The molecule has 1 aromatic carbocycles. The first-order chi connectivity index (χ1) is 10.8. The summed E-state index contributed by atoms with van der Waals surface area (Å²) in [6, 6.07) is 3.40. The second kappa shape index (κ2) is 6.78. The molecule has 1 unspecified atom stereocenters. The first-order valence-corrected chi connectivity index (χ1v) is 9.27. The monoisotopic (exact) mass is 341 g/mol. The Hall–Kier alpha value is -1.76. The number of amides is 1. The molecule has 6 nitrogen and oxygen atoms in total. The number of ether oxygens (including phenoxy) is 2. The molecule has 1 saturated heterocycles. The minimum Gasteiger partial charge on any atom is -0.493 e. The third-order valence-electron chi connectivity index (χ3n) is 4.33. The van der Waals surface area contributed by atoms with Crippen molar-refractivity contribution in [3.05, 3.63) is 23.3 Å². The summed E-state index contributed by atoms with van der Waals surface area (Å²) < 4.78 is 33.6. The molecule has 0 N–H and O–H groups in total. The zero-order valence-corrected chi connectivity index (χ0v) is 14.8. The molecule has 1 fully saturated rings. The van der Waals surface area contributed by atoms with Gasteiger partial charge in [-0.05, 0) is 36.6 Å². The van der Waals surface area contributed by atoms with Crippen LogP contribution in [0.3, 0.4) is 0 Å². The minimum atomic E-state index is -3.01. The number of hydrogen-bond donors (Lipinski definition) is 0. The van der Waals surface area contributed by atoms with Gasteiger partial charge in [0.1, 0.15) is 0 Å². The van der Waals surface area contributed by atoms with Gasteiger partial charge >= 0.3 is 0 Å². The van der Waals surface area contributed by atoms with Gasteiger partial charge in [0, 0.05) is 13.1 Å². The second-order valence-corrected chi connectivity index (χ2v) is 8.10. The Morgan fingerprint density at radius 2 is 1.87 bits per heavy atom. The van der Waals surface area contributed by atoms with Crippen LogP contribution in [0.1, 0.15) is 17.5 Å². The summed E-state index contributed by atoms with van der Waals surface area (Å²) in [4.78, 5) is 14.0. The second-order valence-electron chi connectivity index (χ2n) is 5.87. The lowest BCUT2D eigenvalue weighted by atomic mass is 10.0. The summed E-state index contributed by atoms with van der Waals surface area (Å²) >= 11 is 0. The van der Waals surface area contributed by atoms with E-state index in [-0.39, 0.29) is 29.9 Å². The van der Waals surface area contributed by atoms with Crippen LogP contribution in [0.2, 0.25) is 0 Å². The van der Waals surface area contributed by atoms with Gasteiger partial charge in [-0.25, -0.2) is 8.42 Å². The van der Waals surface area contributed by atoms with Gasteiger partial charge in [-0.1, -0.05) is 0 Å². The first-order valence-electron chi connectivity index (χ1n) is 7.45. The molecule has 2 rings (SSSR count). The van der Waals surface area contributed by atoms with Crippen molar-refractivity contribution >= 4 is 15.7 Å². The number of methoxy groups -OCH3 is 2. The van der Waals surface area contributed by atoms with Gasteiger partial charge in [0.25, 0.3) is 0 Å². The van der Waals surface area contributed by atoms with Crippen molar-refractivity contribution in [3.8, 4) is 11.5 Å². The molecule has 0 bridgehead atoms. The lowest BCUT2D eigenvalue weighted by molar-refractivity contribution is -0.130. The normalized spacial score (nSPS) is 19.4. The number of rotatable bonds is 5. The molecular formula is C16H23NO5S. The van der Waals surface area contributed by atoms with Crippen LogP contribution >= 0.6 is 0 Å². The fourth-order valence-electron chi connectivity index (χ4n) is 2.79. The van der Waals surface area contributed by atoms with Gasteiger partial charge < -0.3 is 14.4 Å². The molecule has 0 aromatic heterocycles. The van der Waals surface area contributed by atoms with Crippen LogP contribution in [0, 0.1) is 6.92 Å². The fraction of sp³-hybridized carbons (Fsp3) is 0.562. The standard InChI is InChI=1S/C16H23NO5S/c1-11-7-14(21-3)15(22-4)8-12(11)9-16(18)17(2)13-5-6-23(19,20)10-13/h7-8,13H,5-6,9-10H2,1-4H3. The highest BCUT2D eigenvalue weighted by Gasteiger charge is 2.32. The van der Waals surface area contributed by atoms with Crippen LogP contribution in [0.25, 0.3) is 0 Å². The summed E-state index contributed by atoms with van der Waals surface area (Å²) in [6.45, 7) is 1.91. The lowest BCUT2D eigenvalue weighted by Crippen LogP contribution is -2.38. The molecule has 1 atom stereocenters. The van der Waals surface area contributed by atoms with E-state index in [9.17, 15) is 13.2 Å². The highest BCUT2D eigenvalue weighted by Crippen LogP contribution is 2.30. The van der Waals surface area contributed by atoms with Crippen LogP contribution in [0.5, 0.6) is 11.5 Å². The van der Waals surface area contributed by atoms with Gasteiger partial charge in [0.2, 0.25) is 5.91 Å².